The number of rotatable bonds is 13. The van der Waals surface area contributed by atoms with E-state index in [1.807, 2.05) is 18.2 Å². The molecule has 0 spiro atoms. The summed E-state index contributed by atoms with van der Waals surface area (Å²) in [7, 11) is -5.56. The van der Waals surface area contributed by atoms with Crippen LogP contribution < -0.4 is 30.2 Å². The number of para-hydroxylation sites is 1. The average molecular weight is 788 g/mol. The van der Waals surface area contributed by atoms with Crippen LogP contribution in [0.5, 0.6) is 18.0 Å². The summed E-state index contributed by atoms with van der Waals surface area (Å²) in [5.41, 5.74) is 0.993. The molecule has 0 saturated heterocycles. The van der Waals surface area contributed by atoms with Crippen molar-refractivity contribution in [2.75, 3.05) is 37.3 Å². The van der Waals surface area contributed by atoms with Crippen molar-refractivity contribution >= 4 is 170 Å². The van der Waals surface area contributed by atoms with Crippen LogP contribution in [-0.4, -0.2) is 180 Å². The first-order valence-corrected chi connectivity index (χ1v) is 16.6. The number of hydrogen-bond donors (Lipinski definition) is 5. The Morgan fingerprint density at radius 2 is 0.902 bits per heavy atom. The molecule has 0 aliphatic rings. The van der Waals surface area contributed by atoms with Crippen molar-refractivity contribution in [3.8, 4) is 18.0 Å². The standard InChI is InChI=1S/C29H27N9O9S2.2K/c1-45-27-34-24(30-19-7-5-4-6-8-19)33-25(35-27)31-20-13-11-17(22(15-20)48(39,40)41)9-10-18-12-14-21(16-23(18)49(42,43)44)32-26-36-28(46-2)38-29(37-26)47-3;;/h4-16H,1-3H3,(H,39,40,41)(H,42,43,44)(H,32,36,37,38)(H2,30,31,33,34,35);;. The van der Waals surface area contributed by atoms with E-state index in [-0.39, 0.29) is 161 Å². The third-order valence-corrected chi connectivity index (χ3v) is 8.14. The van der Waals surface area contributed by atoms with E-state index in [0.29, 0.717) is 5.69 Å². The molecule has 0 aliphatic carbocycles. The summed E-state index contributed by atoms with van der Waals surface area (Å²) in [5, 5.41) is 8.65. The van der Waals surface area contributed by atoms with Crippen molar-refractivity contribution in [1.29, 1.82) is 0 Å². The van der Waals surface area contributed by atoms with Gasteiger partial charge in [0.25, 0.3) is 20.2 Å². The Bertz CT molecular complexity index is 2230. The first kappa shape index (κ1) is 42.7. The zero-order valence-corrected chi connectivity index (χ0v) is 35.6. The maximum absolute atomic E-state index is 12.4. The number of aromatic nitrogens is 6. The van der Waals surface area contributed by atoms with Gasteiger partial charge in [-0.1, -0.05) is 42.5 Å². The number of benzene rings is 3. The minimum atomic E-state index is -4.80. The zero-order chi connectivity index (χ0) is 35.2. The SMILES string of the molecule is COc1nc(Nc2ccccc2)nc(Nc2ccc(C=Cc3ccc(Nc4nc(OC)nc(OC)n4)cc3S(=O)(=O)O)c(S(=O)(=O)O)c2)n1.[K].[K]. The van der Waals surface area contributed by atoms with Gasteiger partial charge in [0.05, 0.1) is 21.3 Å². The van der Waals surface area contributed by atoms with E-state index in [9.17, 15) is 25.9 Å². The summed E-state index contributed by atoms with van der Waals surface area (Å²) in [5.74, 6) is 0.0909. The van der Waals surface area contributed by atoms with E-state index in [0.717, 1.165) is 12.1 Å². The number of nitrogens with one attached hydrogen (secondary N) is 3. The first-order chi connectivity index (χ1) is 23.3. The van der Waals surface area contributed by atoms with Crippen molar-refractivity contribution in [2.24, 2.45) is 0 Å². The van der Waals surface area contributed by atoms with Gasteiger partial charge < -0.3 is 30.2 Å². The summed E-state index contributed by atoms with van der Waals surface area (Å²) in [6.07, 6.45) is 2.50. The van der Waals surface area contributed by atoms with Gasteiger partial charge in [-0.25, -0.2) is 0 Å². The molecule has 0 amide bonds. The topological polar surface area (TPSA) is 250 Å². The molecule has 2 radical (unpaired) electrons. The predicted octanol–water partition coefficient (Wildman–Crippen LogP) is 3.22. The minimum absolute atomic E-state index is 0. The fourth-order valence-corrected chi connectivity index (χ4v) is 5.59. The monoisotopic (exact) mass is 787 g/mol. The van der Waals surface area contributed by atoms with Crippen molar-refractivity contribution < 1.29 is 40.2 Å². The Morgan fingerprint density at radius 1 is 0.529 bits per heavy atom. The molecule has 0 aliphatic heterocycles. The van der Waals surface area contributed by atoms with E-state index >= 15 is 0 Å². The van der Waals surface area contributed by atoms with Crippen LogP contribution in [0.3, 0.4) is 0 Å². The van der Waals surface area contributed by atoms with E-state index in [4.69, 9.17) is 14.2 Å². The van der Waals surface area contributed by atoms with E-state index in [1.54, 1.807) is 12.1 Å². The summed E-state index contributed by atoms with van der Waals surface area (Å²) >= 11 is 0. The van der Waals surface area contributed by atoms with Crippen molar-refractivity contribution in [1.82, 2.24) is 29.9 Å². The molecule has 2 heterocycles. The molecule has 5 N–H and O–H groups in total. The van der Waals surface area contributed by atoms with Crippen LogP contribution in [-0.2, 0) is 20.2 Å². The normalized spacial score (nSPS) is 11.2. The minimum Gasteiger partial charge on any atom is -0.467 e. The molecule has 0 saturated carbocycles. The van der Waals surface area contributed by atoms with Crippen molar-refractivity contribution in [3.05, 3.63) is 77.9 Å². The van der Waals surface area contributed by atoms with Crippen LogP contribution >= 0.6 is 0 Å². The Kier molecular flexibility index (Phi) is 15.8. The molecule has 2 aromatic heterocycles. The second-order valence-electron chi connectivity index (χ2n) is 9.63. The van der Waals surface area contributed by atoms with Crippen LogP contribution in [0.2, 0.25) is 0 Å². The molecule has 0 unspecified atom stereocenters. The summed E-state index contributed by atoms with van der Waals surface area (Å²) in [4.78, 5) is 23.4. The van der Waals surface area contributed by atoms with Crippen molar-refractivity contribution in [3.63, 3.8) is 0 Å². The van der Waals surface area contributed by atoms with Gasteiger partial charge in [-0.3, -0.25) is 9.11 Å². The maximum atomic E-state index is 12.4. The number of ether oxygens (including phenoxy) is 3. The number of methoxy groups -OCH3 is 3. The van der Waals surface area contributed by atoms with Crippen LogP contribution in [0, 0.1) is 0 Å². The predicted molar refractivity (Wildman–Crippen MR) is 189 cm³/mol. The summed E-state index contributed by atoms with van der Waals surface area (Å²) in [6, 6.07) is 16.8. The van der Waals surface area contributed by atoms with Gasteiger partial charge in [0.1, 0.15) is 9.79 Å². The molecule has 256 valence electrons. The van der Waals surface area contributed by atoms with Gasteiger partial charge in [0.2, 0.25) is 17.8 Å². The molecule has 0 atom stereocenters. The summed E-state index contributed by atoms with van der Waals surface area (Å²) in [6.45, 7) is 0. The number of anilines is 6. The molecule has 5 aromatic rings. The third-order valence-electron chi connectivity index (χ3n) is 6.32. The molecule has 3 aromatic carbocycles. The van der Waals surface area contributed by atoms with Gasteiger partial charge in [-0.2, -0.15) is 41.8 Å². The van der Waals surface area contributed by atoms with Gasteiger partial charge in [-0.05, 0) is 47.5 Å². The Balaban J connectivity index is 0.00000351. The van der Waals surface area contributed by atoms with Crippen LogP contribution in [0.4, 0.5) is 34.9 Å². The number of hydrogen-bond acceptors (Lipinski definition) is 16. The fourth-order valence-electron chi connectivity index (χ4n) is 4.17. The molecule has 51 heavy (non-hydrogen) atoms. The Labute approximate surface area is 377 Å². The maximum Gasteiger partial charge on any atom is 0.324 e. The van der Waals surface area contributed by atoms with Crippen molar-refractivity contribution in [2.45, 2.75) is 9.79 Å². The Morgan fingerprint density at radius 3 is 1.29 bits per heavy atom. The quantitative estimate of drug-likeness (QED) is 0.0653. The molecular weight excluding hydrogens is 761 g/mol. The van der Waals surface area contributed by atoms with Gasteiger partial charge >= 0.3 is 18.0 Å². The van der Waals surface area contributed by atoms with Crippen LogP contribution in [0.15, 0.2) is 76.5 Å². The van der Waals surface area contributed by atoms with Gasteiger partial charge in [0.15, 0.2) is 0 Å². The Hall–Kier alpha value is -2.69. The first-order valence-electron chi connectivity index (χ1n) is 13.8. The van der Waals surface area contributed by atoms with Crippen LogP contribution in [0.1, 0.15) is 11.1 Å². The van der Waals surface area contributed by atoms with E-state index < -0.39 is 30.0 Å². The molecular formula is C29H27K2N9O9S2. The van der Waals surface area contributed by atoms with E-state index in [1.165, 1.54) is 57.7 Å². The second-order valence-corrected chi connectivity index (χ2v) is 12.4. The fraction of sp³-hybridized carbons (Fsp3) is 0.103. The van der Waals surface area contributed by atoms with Gasteiger partial charge in [0, 0.05) is 120 Å². The van der Waals surface area contributed by atoms with Crippen LogP contribution in [0.25, 0.3) is 12.2 Å². The van der Waals surface area contributed by atoms with E-state index in [2.05, 4.69) is 45.9 Å². The second kappa shape index (κ2) is 18.9. The summed E-state index contributed by atoms with van der Waals surface area (Å²) < 4.78 is 84.7. The molecule has 22 heteroatoms. The number of nitrogens with zero attached hydrogens (tertiary/aromatic N) is 6. The zero-order valence-electron chi connectivity index (χ0n) is 27.8. The smallest absolute Gasteiger partial charge is 0.324 e. The third kappa shape index (κ3) is 11.9. The average Bonchev–Trinajstić information content (AvgIpc) is 3.07. The largest absolute Gasteiger partial charge is 0.467 e. The molecule has 5 rings (SSSR count). The molecule has 18 nitrogen and oxygen atoms in total. The molecule has 0 fully saturated rings. The molecule has 0 bridgehead atoms. The van der Waals surface area contributed by atoms with Gasteiger partial charge in [-0.15, -0.1) is 4.98 Å².